The standard InChI is InChI=1S/C6H10F3N3OS/c1-12(2-4(10)14)5(13)11-3-6(7,8)9/h2-3H2,1H3,(H2,10,14)(H,11,13). The molecule has 0 aliphatic heterocycles. The zero-order valence-corrected chi connectivity index (χ0v) is 8.21. The SMILES string of the molecule is CN(CC(N)=S)C(=O)NCC(F)(F)F. The molecule has 0 aliphatic rings. The lowest BCUT2D eigenvalue weighted by Crippen LogP contribution is -2.44. The molecule has 14 heavy (non-hydrogen) atoms. The van der Waals surface area contributed by atoms with Gasteiger partial charge in [0.2, 0.25) is 0 Å². The lowest BCUT2D eigenvalue weighted by molar-refractivity contribution is -0.123. The van der Waals surface area contributed by atoms with Gasteiger partial charge in [-0.1, -0.05) is 12.2 Å². The second kappa shape index (κ2) is 4.99. The molecule has 0 atom stereocenters. The Bertz CT molecular complexity index is 231. The van der Waals surface area contributed by atoms with Crippen molar-refractivity contribution in [3.05, 3.63) is 0 Å². The fraction of sp³-hybridized carbons (Fsp3) is 0.667. The molecule has 0 unspecified atom stereocenters. The average molecular weight is 229 g/mol. The van der Waals surface area contributed by atoms with E-state index in [1.807, 2.05) is 0 Å². The molecule has 0 bridgehead atoms. The number of nitrogens with one attached hydrogen (secondary N) is 1. The van der Waals surface area contributed by atoms with Crippen molar-refractivity contribution in [2.75, 3.05) is 20.1 Å². The van der Waals surface area contributed by atoms with Gasteiger partial charge in [0, 0.05) is 7.05 Å². The fourth-order valence-corrected chi connectivity index (χ4v) is 0.810. The number of nitrogens with two attached hydrogens (primary N) is 1. The van der Waals surface area contributed by atoms with Gasteiger partial charge in [-0.15, -0.1) is 0 Å². The number of amides is 2. The Morgan fingerprint density at radius 2 is 2.07 bits per heavy atom. The van der Waals surface area contributed by atoms with Crippen LogP contribution in [0.3, 0.4) is 0 Å². The first-order valence-corrected chi connectivity index (χ1v) is 3.97. The Hall–Kier alpha value is -1.05. The van der Waals surface area contributed by atoms with Crippen LogP contribution in [-0.2, 0) is 0 Å². The number of carbonyl (C=O) groups is 1. The number of thiocarbonyl (C=S) groups is 1. The van der Waals surface area contributed by atoms with E-state index in [1.165, 1.54) is 7.05 Å². The van der Waals surface area contributed by atoms with Gasteiger partial charge in [0.05, 0.1) is 11.5 Å². The summed E-state index contributed by atoms with van der Waals surface area (Å²) in [7, 11) is 1.30. The minimum atomic E-state index is -4.42. The first kappa shape index (κ1) is 12.9. The molecule has 82 valence electrons. The smallest absolute Gasteiger partial charge is 0.392 e. The number of rotatable bonds is 3. The topological polar surface area (TPSA) is 58.4 Å². The lowest BCUT2D eigenvalue weighted by atomic mass is 10.5. The van der Waals surface area contributed by atoms with Crippen LogP contribution in [0.4, 0.5) is 18.0 Å². The maximum atomic E-state index is 11.7. The Morgan fingerprint density at radius 3 is 2.43 bits per heavy atom. The molecule has 0 aromatic rings. The fourth-order valence-electron chi connectivity index (χ4n) is 0.616. The van der Waals surface area contributed by atoms with Gasteiger partial charge in [0.25, 0.3) is 0 Å². The third-order valence-electron chi connectivity index (χ3n) is 1.18. The second-order valence-corrected chi connectivity index (χ2v) is 3.12. The number of alkyl halides is 3. The Morgan fingerprint density at radius 1 is 1.57 bits per heavy atom. The molecule has 4 nitrogen and oxygen atoms in total. The molecule has 0 spiro atoms. The first-order chi connectivity index (χ1) is 6.22. The van der Waals surface area contributed by atoms with Crippen LogP contribution in [0.25, 0.3) is 0 Å². The van der Waals surface area contributed by atoms with E-state index >= 15 is 0 Å². The number of halogens is 3. The van der Waals surface area contributed by atoms with Crippen molar-refractivity contribution < 1.29 is 18.0 Å². The van der Waals surface area contributed by atoms with Crippen molar-refractivity contribution in [1.29, 1.82) is 0 Å². The Kier molecular flexibility index (Phi) is 4.61. The summed E-state index contributed by atoms with van der Waals surface area (Å²) in [4.78, 5) is 11.9. The monoisotopic (exact) mass is 229 g/mol. The lowest BCUT2D eigenvalue weighted by Gasteiger charge is -2.17. The van der Waals surface area contributed by atoms with Gasteiger partial charge in [-0.25, -0.2) is 4.79 Å². The van der Waals surface area contributed by atoms with Gasteiger partial charge in [0.1, 0.15) is 6.54 Å². The van der Waals surface area contributed by atoms with E-state index in [1.54, 1.807) is 5.32 Å². The highest BCUT2D eigenvalue weighted by molar-refractivity contribution is 7.80. The van der Waals surface area contributed by atoms with Crippen molar-refractivity contribution in [2.24, 2.45) is 5.73 Å². The third kappa shape index (κ3) is 6.46. The zero-order valence-electron chi connectivity index (χ0n) is 7.39. The van der Waals surface area contributed by atoms with Crippen LogP contribution in [0.2, 0.25) is 0 Å². The van der Waals surface area contributed by atoms with E-state index in [-0.39, 0.29) is 11.5 Å². The van der Waals surface area contributed by atoms with Crippen LogP contribution in [0.5, 0.6) is 0 Å². The van der Waals surface area contributed by atoms with Crippen LogP contribution in [0.15, 0.2) is 0 Å². The van der Waals surface area contributed by atoms with Crippen LogP contribution < -0.4 is 11.1 Å². The predicted octanol–water partition coefficient (Wildman–Crippen LogP) is 0.476. The number of hydrogen-bond donors (Lipinski definition) is 2. The molecule has 0 rings (SSSR count). The maximum absolute atomic E-state index is 11.7. The van der Waals surface area contributed by atoms with Crippen LogP contribution >= 0.6 is 12.2 Å². The quantitative estimate of drug-likeness (QED) is 0.692. The van der Waals surface area contributed by atoms with Crippen molar-refractivity contribution in [3.63, 3.8) is 0 Å². The van der Waals surface area contributed by atoms with Gasteiger partial charge < -0.3 is 16.0 Å². The number of urea groups is 1. The number of hydrogen-bond acceptors (Lipinski definition) is 2. The van der Waals surface area contributed by atoms with E-state index in [0.29, 0.717) is 0 Å². The minimum absolute atomic E-state index is 0.0367. The summed E-state index contributed by atoms with van der Waals surface area (Å²) in [5.74, 6) is 0. The van der Waals surface area contributed by atoms with Crippen LogP contribution in [0.1, 0.15) is 0 Å². The molecule has 0 saturated carbocycles. The molecular formula is C6H10F3N3OS. The van der Waals surface area contributed by atoms with E-state index in [4.69, 9.17) is 5.73 Å². The Labute approximate surface area is 84.2 Å². The van der Waals surface area contributed by atoms with Gasteiger partial charge in [-0.05, 0) is 0 Å². The molecule has 0 aromatic heterocycles. The largest absolute Gasteiger partial charge is 0.405 e. The van der Waals surface area contributed by atoms with E-state index in [0.717, 1.165) is 4.90 Å². The van der Waals surface area contributed by atoms with Crippen molar-refractivity contribution >= 4 is 23.2 Å². The number of nitrogens with zero attached hydrogens (tertiary/aromatic N) is 1. The van der Waals surface area contributed by atoms with Gasteiger partial charge in [0.15, 0.2) is 0 Å². The van der Waals surface area contributed by atoms with Gasteiger partial charge in [-0.2, -0.15) is 13.2 Å². The zero-order chi connectivity index (χ0) is 11.4. The summed E-state index contributed by atoms with van der Waals surface area (Å²) in [6.45, 7) is -1.42. The molecule has 3 N–H and O–H groups in total. The molecule has 0 heterocycles. The van der Waals surface area contributed by atoms with Crippen molar-refractivity contribution in [2.45, 2.75) is 6.18 Å². The van der Waals surface area contributed by atoms with Crippen molar-refractivity contribution in [1.82, 2.24) is 10.2 Å². The summed E-state index contributed by atoms with van der Waals surface area (Å²) in [5, 5.41) is 1.67. The van der Waals surface area contributed by atoms with Crippen molar-refractivity contribution in [3.8, 4) is 0 Å². The normalized spacial score (nSPS) is 10.9. The molecule has 2 amide bonds. The average Bonchev–Trinajstić information content (AvgIpc) is 1.97. The predicted molar refractivity (Wildman–Crippen MR) is 48.9 cm³/mol. The summed E-state index contributed by atoms with van der Waals surface area (Å²) in [6, 6.07) is -0.866. The summed E-state index contributed by atoms with van der Waals surface area (Å²) >= 11 is 4.48. The first-order valence-electron chi connectivity index (χ1n) is 3.56. The number of likely N-dealkylation sites (N-methyl/N-ethyl adjacent to an activating group) is 1. The van der Waals surface area contributed by atoms with Gasteiger partial charge in [-0.3, -0.25) is 0 Å². The van der Waals surface area contributed by atoms with Crippen LogP contribution in [0, 0.1) is 0 Å². The summed E-state index contributed by atoms with van der Waals surface area (Å²) < 4.78 is 35.0. The Balaban J connectivity index is 3.91. The molecule has 0 aliphatic carbocycles. The molecule has 8 heteroatoms. The molecule has 0 radical (unpaired) electrons. The number of carbonyl (C=O) groups excluding carboxylic acids is 1. The van der Waals surface area contributed by atoms with Crippen LogP contribution in [-0.4, -0.2) is 42.2 Å². The highest BCUT2D eigenvalue weighted by Gasteiger charge is 2.28. The molecule has 0 aromatic carbocycles. The molecular weight excluding hydrogens is 219 g/mol. The minimum Gasteiger partial charge on any atom is -0.392 e. The summed E-state index contributed by atoms with van der Waals surface area (Å²) in [5.41, 5.74) is 5.10. The highest BCUT2D eigenvalue weighted by atomic mass is 32.1. The third-order valence-corrected chi connectivity index (χ3v) is 1.31. The van der Waals surface area contributed by atoms with E-state index < -0.39 is 18.8 Å². The second-order valence-electron chi connectivity index (χ2n) is 2.60. The van der Waals surface area contributed by atoms with E-state index in [2.05, 4.69) is 12.2 Å². The molecule has 0 fully saturated rings. The summed E-state index contributed by atoms with van der Waals surface area (Å²) in [6.07, 6.45) is -4.42. The van der Waals surface area contributed by atoms with Gasteiger partial charge >= 0.3 is 12.2 Å². The highest BCUT2D eigenvalue weighted by Crippen LogP contribution is 2.12. The molecule has 0 saturated heterocycles. The van der Waals surface area contributed by atoms with E-state index in [9.17, 15) is 18.0 Å². The maximum Gasteiger partial charge on any atom is 0.405 e.